The van der Waals surface area contributed by atoms with E-state index < -0.39 is 0 Å². The highest BCUT2D eigenvalue weighted by Gasteiger charge is 2.44. The number of nitrogens with one attached hydrogen (secondary N) is 2. The molecule has 4 heteroatoms. The van der Waals surface area contributed by atoms with Gasteiger partial charge in [-0.2, -0.15) is 0 Å². The summed E-state index contributed by atoms with van der Waals surface area (Å²) in [5, 5.41) is 6.87. The maximum absolute atomic E-state index is 12.6. The summed E-state index contributed by atoms with van der Waals surface area (Å²) >= 11 is 0. The summed E-state index contributed by atoms with van der Waals surface area (Å²) in [4.78, 5) is 15.2. The summed E-state index contributed by atoms with van der Waals surface area (Å²) in [7, 11) is 0. The number of rotatable bonds is 2. The highest BCUT2D eigenvalue weighted by atomic mass is 16.2. The van der Waals surface area contributed by atoms with Crippen LogP contribution in [-0.4, -0.2) is 48.6 Å². The standard InChI is InChI=1S/C16H27N3O/c20-16(15-12-5-3-4-11(12)10-17-15)18-13-7-9-19-8-2-1-6-14(13)19/h11-15,17H,1-10H2,(H,18,20). The first-order chi connectivity index (χ1) is 9.83. The van der Waals surface area contributed by atoms with Crippen LogP contribution in [-0.2, 0) is 4.79 Å². The molecule has 4 fully saturated rings. The Bertz CT molecular complexity index is 386. The van der Waals surface area contributed by atoms with E-state index in [-0.39, 0.29) is 11.9 Å². The van der Waals surface area contributed by atoms with E-state index in [1.54, 1.807) is 0 Å². The van der Waals surface area contributed by atoms with Gasteiger partial charge in [0.25, 0.3) is 0 Å². The van der Waals surface area contributed by atoms with E-state index in [1.807, 2.05) is 0 Å². The highest BCUT2D eigenvalue weighted by molar-refractivity contribution is 5.83. The van der Waals surface area contributed by atoms with Crippen LogP contribution in [0.4, 0.5) is 0 Å². The molecule has 3 saturated heterocycles. The maximum Gasteiger partial charge on any atom is 0.237 e. The minimum absolute atomic E-state index is 0.0974. The lowest BCUT2D eigenvalue weighted by atomic mass is 9.93. The van der Waals surface area contributed by atoms with Crippen molar-refractivity contribution in [2.45, 2.75) is 63.1 Å². The number of hydrogen-bond donors (Lipinski definition) is 2. The molecule has 2 N–H and O–H groups in total. The van der Waals surface area contributed by atoms with Gasteiger partial charge in [0.05, 0.1) is 6.04 Å². The SMILES string of the molecule is O=C(NC1CCN2CCCCC12)C1NCC2CCCC21. The lowest BCUT2D eigenvalue weighted by molar-refractivity contribution is -0.124. The van der Waals surface area contributed by atoms with Gasteiger partial charge in [0.2, 0.25) is 5.91 Å². The molecule has 0 aromatic heterocycles. The maximum atomic E-state index is 12.6. The molecule has 4 rings (SSSR count). The number of piperidine rings is 1. The molecule has 0 bridgehead atoms. The van der Waals surface area contributed by atoms with Gasteiger partial charge >= 0.3 is 0 Å². The number of fused-ring (bicyclic) bond motifs is 2. The Morgan fingerprint density at radius 2 is 2.00 bits per heavy atom. The number of carbonyl (C=O) groups is 1. The molecular formula is C16H27N3O. The van der Waals surface area contributed by atoms with Crippen LogP contribution in [0.2, 0.25) is 0 Å². The zero-order valence-electron chi connectivity index (χ0n) is 12.3. The van der Waals surface area contributed by atoms with Gasteiger partial charge in [0.1, 0.15) is 0 Å². The first-order valence-corrected chi connectivity index (χ1v) is 8.61. The molecule has 0 aromatic carbocycles. The van der Waals surface area contributed by atoms with Gasteiger partial charge in [0.15, 0.2) is 0 Å². The van der Waals surface area contributed by atoms with E-state index in [1.165, 1.54) is 51.6 Å². The molecule has 0 aromatic rings. The Hall–Kier alpha value is -0.610. The van der Waals surface area contributed by atoms with Crippen molar-refractivity contribution in [1.29, 1.82) is 0 Å². The van der Waals surface area contributed by atoms with Gasteiger partial charge in [-0.05, 0) is 57.0 Å². The summed E-state index contributed by atoms with van der Waals surface area (Å²) in [6.45, 7) is 3.48. The third kappa shape index (κ3) is 2.17. The molecule has 1 aliphatic carbocycles. The fourth-order valence-electron chi connectivity index (χ4n) is 5.16. The van der Waals surface area contributed by atoms with Crippen LogP contribution in [0.15, 0.2) is 0 Å². The van der Waals surface area contributed by atoms with Crippen LogP contribution < -0.4 is 10.6 Å². The van der Waals surface area contributed by atoms with Crippen LogP contribution in [0.3, 0.4) is 0 Å². The van der Waals surface area contributed by atoms with E-state index in [0.717, 1.165) is 18.9 Å². The molecule has 0 radical (unpaired) electrons. The lowest BCUT2D eigenvalue weighted by Gasteiger charge is -2.33. The smallest absolute Gasteiger partial charge is 0.237 e. The fourth-order valence-corrected chi connectivity index (χ4v) is 5.16. The van der Waals surface area contributed by atoms with Gasteiger partial charge in [0, 0.05) is 18.6 Å². The topological polar surface area (TPSA) is 44.4 Å². The van der Waals surface area contributed by atoms with Gasteiger partial charge < -0.3 is 10.6 Å². The second kappa shape index (κ2) is 5.30. The van der Waals surface area contributed by atoms with E-state index in [0.29, 0.717) is 18.0 Å². The van der Waals surface area contributed by atoms with Crippen molar-refractivity contribution >= 4 is 5.91 Å². The Morgan fingerprint density at radius 1 is 1.05 bits per heavy atom. The molecule has 4 aliphatic rings. The third-order valence-electron chi connectivity index (χ3n) is 6.21. The van der Waals surface area contributed by atoms with Crippen molar-refractivity contribution in [3.8, 4) is 0 Å². The Morgan fingerprint density at radius 3 is 2.95 bits per heavy atom. The van der Waals surface area contributed by atoms with E-state index >= 15 is 0 Å². The van der Waals surface area contributed by atoms with Crippen molar-refractivity contribution in [1.82, 2.24) is 15.5 Å². The average Bonchev–Trinajstić information content (AvgIpc) is 3.13. The Balaban J connectivity index is 1.38. The second-order valence-corrected chi connectivity index (χ2v) is 7.24. The van der Waals surface area contributed by atoms with E-state index in [4.69, 9.17) is 0 Å². The predicted octanol–water partition coefficient (Wildman–Crippen LogP) is 1.12. The fraction of sp³-hybridized carbons (Fsp3) is 0.938. The molecular weight excluding hydrogens is 250 g/mol. The third-order valence-corrected chi connectivity index (χ3v) is 6.21. The first kappa shape index (κ1) is 13.1. The van der Waals surface area contributed by atoms with Crippen LogP contribution in [0.5, 0.6) is 0 Å². The van der Waals surface area contributed by atoms with Crippen molar-refractivity contribution in [2.75, 3.05) is 19.6 Å². The molecule has 0 spiro atoms. The minimum atomic E-state index is 0.0974. The zero-order valence-corrected chi connectivity index (χ0v) is 12.3. The van der Waals surface area contributed by atoms with Gasteiger partial charge in [-0.25, -0.2) is 0 Å². The van der Waals surface area contributed by atoms with Crippen molar-refractivity contribution in [2.24, 2.45) is 11.8 Å². The molecule has 4 nitrogen and oxygen atoms in total. The Labute approximate surface area is 121 Å². The van der Waals surface area contributed by atoms with Crippen molar-refractivity contribution in [3.05, 3.63) is 0 Å². The molecule has 1 amide bonds. The van der Waals surface area contributed by atoms with Crippen molar-refractivity contribution < 1.29 is 4.79 Å². The number of nitrogens with zero attached hydrogens (tertiary/aromatic N) is 1. The van der Waals surface area contributed by atoms with E-state index in [2.05, 4.69) is 15.5 Å². The van der Waals surface area contributed by atoms with E-state index in [9.17, 15) is 4.79 Å². The molecule has 3 heterocycles. The Kier molecular flexibility index (Phi) is 3.47. The summed E-state index contributed by atoms with van der Waals surface area (Å²) in [6.07, 6.45) is 8.98. The summed E-state index contributed by atoms with van der Waals surface area (Å²) < 4.78 is 0. The van der Waals surface area contributed by atoms with Crippen LogP contribution in [0, 0.1) is 11.8 Å². The minimum Gasteiger partial charge on any atom is -0.350 e. The molecule has 1 saturated carbocycles. The number of hydrogen-bond acceptors (Lipinski definition) is 3. The predicted molar refractivity (Wildman–Crippen MR) is 78.4 cm³/mol. The number of carbonyl (C=O) groups excluding carboxylic acids is 1. The zero-order chi connectivity index (χ0) is 13.5. The summed E-state index contributed by atoms with van der Waals surface area (Å²) in [6, 6.07) is 1.12. The first-order valence-electron chi connectivity index (χ1n) is 8.61. The second-order valence-electron chi connectivity index (χ2n) is 7.24. The van der Waals surface area contributed by atoms with Crippen molar-refractivity contribution in [3.63, 3.8) is 0 Å². The molecule has 5 unspecified atom stereocenters. The highest BCUT2D eigenvalue weighted by Crippen LogP contribution is 2.38. The average molecular weight is 277 g/mol. The quantitative estimate of drug-likeness (QED) is 0.795. The van der Waals surface area contributed by atoms with Crippen LogP contribution in [0.1, 0.15) is 44.9 Å². The molecule has 5 atom stereocenters. The molecule has 3 aliphatic heterocycles. The molecule has 112 valence electrons. The molecule has 20 heavy (non-hydrogen) atoms. The summed E-state index contributed by atoms with van der Waals surface area (Å²) in [5.41, 5.74) is 0. The lowest BCUT2D eigenvalue weighted by Crippen LogP contribution is -2.52. The van der Waals surface area contributed by atoms with Gasteiger partial charge in [-0.1, -0.05) is 12.8 Å². The monoisotopic (exact) mass is 277 g/mol. The van der Waals surface area contributed by atoms with Crippen LogP contribution in [0.25, 0.3) is 0 Å². The van der Waals surface area contributed by atoms with Crippen LogP contribution >= 0.6 is 0 Å². The van der Waals surface area contributed by atoms with Gasteiger partial charge in [-0.15, -0.1) is 0 Å². The largest absolute Gasteiger partial charge is 0.350 e. The number of amides is 1. The van der Waals surface area contributed by atoms with Gasteiger partial charge in [-0.3, -0.25) is 9.69 Å². The summed E-state index contributed by atoms with van der Waals surface area (Å²) in [5.74, 6) is 1.66. The normalized spacial score (nSPS) is 44.3.